The van der Waals surface area contributed by atoms with Crippen LogP contribution in [0.25, 0.3) is 0 Å². The first-order chi connectivity index (χ1) is 11.9. The number of carbonyl (C=O) groups is 3. The molecule has 0 saturated heterocycles. The predicted molar refractivity (Wildman–Crippen MR) is 92.6 cm³/mol. The van der Waals surface area contributed by atoms with E-state index in [2.05, 4.69) is 20.1 Å². The molecule has 2 amide bonds. The van der Waals surface area contributed by atoms with Gasteiger partial charge in [-0.25, -0.2) is 14.4 Å². The van der Waals surface area contributed by atoms with Crippen molar-refractivity contribution >= 4 is 35.0 Å². The Kier molecular flexibility index (Phi) is 5.57. The smallest absolute Gasteiger partial charge is 0.339 e. The fourth-order valence-corrected chi connectivity index (χ4v) is 2.03. The van der Waals surface area contributed by atoms with Gasteiger partial charge >= 0.3 is 18.0 Å². The first-order valence-electron chi connectivity index (χ1n) is 7.19. The summed E-state index contributed by atoms with van der Waals surface area (Å²) in [5.41, 5.74) is 7.05. The van der Waals surface area contributed by atoms with Gasteiger partial charge in [-0.05, 0) is 42.5 Å². The number of esters is 2. The Balaban J connectivity index is 2.25. The highest BCUT2D eigenvalue weighted by molar-refractivity contribution is 6.06. The van der Waals surface area contributed by atoms with Gasteiger partial charge in [0.05, 0.1) is 31.0 Å². The number of nitrogens with one attached hydrogen (secondary N) is 2. The van der Waals surface area contributed by atoms with Gasteiger partial charge in [0.1, 0.15) is 0 Å². The van der Waals surface area contributed by atoms with Crippen LogP contribution in [0.2, 0.25) is 0 Å². The van der Waals surface area contributed by atoms with Crippen molar-refractivity contribution in [3.8, 4) is 0 Å². The van der Waals surface area contributed by atoms with E-state index in [9.17, 15) is 14.4 Å². The molecule has 0 aromatic heterocycles. The van der Waals surface area contributed by atoms with Gasteiger partial charge in [0.2, 0.25) is 0 Å². The minimum Gasteiger partial charge on any atom is -0.465 e. The van der Waals surface area contributed by atoms with Crippen molar-refractivity contribution in [2.45, 2.75) is 0 Å². The molecule has 25 heavy (non-hydrogen) atoms. The topological polar surface area (TPSA) is 120 Å². The molecule has 8 nitrogen and oxygen atoms in total. The number of hydrogen-bond acceptors (Lipinski definition) is 6. The quantitative estimate of drug-likeness (QED) is 0.579. The second-order valence-corrected chi connectivity index (χ2v) is 4.94. The van der Waals surface area contributed by atoms with Gasteiger partial charge in [-0.2, -0.15) is 0 Å². The number of anilines is 3. The standard InChI is InChI=1S/C17H17N3O5/c1-24-15(21)10-3-8-13(16(22)25-2)14(9-10)20-17(23)19-12-6-4-11(18)5-7-12/h3-9H,18H2,1-2H3,(H2,19,20,23). The average Bonchev–Trinajstić information content (AvgIpc) is 2.62. The Bertz CT molecular complexity index is 802. The molecule has 130 valence electrons. The summed E-state index contributed by atoms with van der Waals surface area (Å²) in [6, 6.07) is 10.0. The zero-order valence-corrected chi connectivity index (χ0v) is 13.7. The second-order valence-electron chi connectivity index (χ2n) is 4.94. The maximum absolute atomic E-state index is 12.2. The fraction of sp³-hybridized carbons (Fsp3) is 0.118. The molecule has 0 heterocycles. The van der Waals surface area contributed by atoms with Crippen LogP contribution in [0.5, 0.6) is 0 Å². The Hall–Kier alpha value is -3.55. The molecule has 2 aromatic rings. The maximum Gasteiger partial charge on any atom is 0.339 e. The van der Waals surface area contributed by atoms with Gasteiger partial charge in [-0.15, -0.1) is 0 Å². The highest BCUT2D eigenvalue weighted by atomic mass is 16.5. The molecule has 0 saturated carbocycles. The Morgan fingerprint density at radius 3 is 2.12 bits per heavy atom. The molecule has 0 bridgehead atoms. The number of rotatable bonds is 4. The molecular formula is C17H17N3O5. The molecule has 0 atom stereocenters. The Morgan fingerprint density at radius 2 is 1.52 bits per heavy atom. The predicted octanol–water partition coefficient (Wildman–Crippen LogP) is 2.49. The normalized spacial score (nSPS) is 9.84. The number of hydrogen-bond donors (Lipinski definition) is 3. The third-order valence-electron chi connectivity index (χ3n) is 3.26. The van der Waals surface area contributed by atoms with Crippen LogP contribution < -0.4 is 16.4 Å². The largest absolute Gasteiger partial charge is 0.465 e. The number of benzene rings is 2. The lowest BCUT2D eigenvalue weighted by molar-refractivity contribution is 0.0587. The summed E-state index contributed by atoms with van der Waals surface area (Å²) >= 11 is 0. The number of nitrogens with two attached hydrogens (primary N) is 1. The summed E-state index contributed by atoms with van der Waals surface area (Å²) in [7, 11) is 2.45. The molecular weight excluding hydrogens is 326 g/mol. The van der Waals surface area contributed by atoms with Crippen molar-refractivity contribution < 1.29 is 23.9 Å². The van der Waals surface area contributed by atoms with Crippen molar-refractivity contribution in [3.63, 3.8) is 0 Å². The molecule has 8 heteroatoms. The molecule has 0 aliphatic rings. The highest BCUT2D eigenvalue weighted by Gasteiger charge is 2.17. The van der Waals surface area contributed by atoms with Crippen LogP contribution in [0, 0.1) is 0 Å². The summed E-state index contributed by atoms with van der Waals surface area (Å²) in [5, 5.41) is 5.11. The van der Waals surface area contributed by atoms with E-state index in [4.69, 9.17) is 5.73 Å². The van der Waals surface area contributed by atoms with Crippen molar-refractivity contribution in [3.05, 3.63) is 53.6 Å². The molecule has 2 rings (SSSR count). The minimum absolute atomic E-state index is 0.0996. The molecule has 0 aliphatic carbocycles. The van der Waals surface area contributed by atoms with Gasteiger partial charge in [0.25, 0.3) is 0 Å². The lowest BCUT2D eigenvalue weighted by Crippen LogP contribution is -2.21. The van der Waals surface area contributed by atoms with Gasteiger partial charge < -0.3 is 25.8 Å². The monoisotopic (exact) mass is 343 g/mol. The number of urea groups is 1. The van der Waals surface area contributed by atoms with Crippen LogP contribution in [0.3, 0.4) is 0 Å². The number of carbonyl (C=O) groups excluding carboxylic acids is 3. The number of amides is 2. The maximum atomic E-state index is 12.2. The van der Waals surface area contributed by atoms with E-state index in [0.717, 1.165) is 0 Å². The van der Waals surface area contributed by atoms with E-state index in [-0.39, 0.29) is 16.8 Å². The second kappa shape index (κ2) is 7.82. The van der Waals surface area contributed by atoms with E-state index in [1.165, 1.54) is 32.4 Å². The van der Waals surface area contributed by atoms with Gasteiger partial charge in [-0.3, -0.25) is 0 Å². The Labute approximate surface area is 143 Å². The van der Waals surface area contributed by atoms with Crippen LogP contribution in [-0.4, -0.2) is 32.2 Å². The molecule has 0 fully saturated rings. The van der Waals surface area contributed by atoms with Gasteiger partial charge in [-0.1, -0.05) is 0 Å². The Morgan fingerprint density at radius 1 is 0.880 bits per heavy atom. The first-order valence-corrected chi connectivity index (χ1v) is 7.19. The van der Waals surface area contributed by atoms with Crippen LogP contribution in [0.4, 0.5) is 21.9 Å². The molecule has 0 aliphatic heterocycles. The SMILES string of the molecule is COC(=O)c1ccc(C(=O)OC)c(NC(=O)Nc2ccc(N)cc2)c1. The van der Waals surface area contributed by atoms with E-state index in [1.807, 2.05) is 0 Å². The molecule has 0 unspecified atom stereocenters. The summed E-state index contributed by atoms with van der Waals surface area (Å²) in [6.07, 6.45) is 0. The van der Waals surface area contributed by atoms with Crippen LogP contribution in [0.1, 0.15) is 20.7 Å². The van der Waals surface area contributed by atoms with E-state index < -0.39 is 18.0 Å². The average molecular weight is 343 g/mol. The lowest BCUT2D eigenvalue weighted by atomic mass is 10.1. The van der Waals surface area contributed by atoms with E-state index in [0.29, 0.717) is 11.4 Å². The minimum atomic E-state index is -0.654. The summed E-state index contributed by atoms with van der Waals surface area (Å²) in [5.74, 6) is -1.25. The molecule has 4 N–H and O–H groups in total. The first kappa shape index (κ1) is 17.8. The van der Waals surface area contributed by atoms with Crippen molar-refractivity contribution in [2.75, 3.05) is 30.6 Å². The van der Waals surface area contributed by atoms with Gasteiger partial charge in [0, 0.05) is 11.4 Å². The van der Waals surface area contributed by atoms with Crippen molar-refractivity contribution in [1.29, 1.82) is 0 Å². The zero-order chi connectivity index (χ0) is 18.4. The lowest BCUT2D eigenvalue weighted by Gasteiger charge is -2.12. The number of ether oxygens (including phenoxy) is 2. The number of nitrogen functional groups attached to an aromatic ring is 1. The van der Waals surface area contributed by atoms with Crippen molar-refractivity contribution in [1.82, 2.24) is 0 Å². The zero-order valence-electron chi connectivity index (χ0n) is 13.7. The fourth-order valence-electron chi connectivity index (χ4n) is 2.03. The van der Waals surface area contributed by atoms with Crippen molar-refractivity contribution in [2.24, 2.45) is 0 Å². The van der Waals surface area contributed by atoms with Gasteiger partial charge in [0.15, 0.2) is 0 Å². The summed E-state index contributed by atoms with van der Waals surface area (Å²) in [6.45, 7) is 0. The van der Waals surface area contributed by atoms with E-state index in [1.54, 1.807) is 24.3 Å². The third kappa shape index (κ3) is 4.47. The molecule has 0 radical (unpaired) electrons. The highest BCUT2D eigenvalue weighted by Crippen LogP contribution is 2.20. The summed E-state index contributed by atoms with van der Waals surface area (Å²) < 4.78 is 9.31. The van der Waals surface area contributed by atoms with Crippen LogP contribution in [-0.2, 0) is 9.47 Å². The molecule has 2 aromatic carbocycles. The van der Waals surface area contributed by atoms with Crippen LogP contribution >= 0.6 is 0 Å². The van der Waals surface area contributed by atoms with Crippen LogP contribution in [0.15, 0.2) is 42.5 Å². The third-order valence-corrected chi connectivity index (χ3v) is 3.26. The van der Waals surface area contributed by atoms with E-state index >= 15 is 0 Å². The summed E-state index contributed by atoms with van der Waals surface area (Å²) in [4.78, 5) is 35.6. The molecule has 0 spiro atoms. The number of methoxy groups -OCH3 is 2.